The maximum atomic E-state index is 9.46. The Hall–Kier alpha value is 0.820. The topological polar surface area (TPSA) is 46.4 Å². The molecule has 131 valence electrons. The molecule has 0 amide bonds. The molecule has 0 aliphatic carbocycles. The van der Waals surface area contributed by atoms with Crippen molar-refractivity contribution in [3.8, 4) is 0 Å². The molecule has 0 fully saturated rings. The molecule has 0 aromatic carbocycles. The minimum absolute atomic E-state index is 0. The summed E-state index contributed by atoms with van der Waals surface area (Å²) in [6, 6.07) is 1.49. The first-order valence-corrected chi connectivity index (χ1v) is 14.0. The summed E-state index contributed by atoms with van der Waals surface area (Å²) in [6.07, 6.45) is 0.562. The van der Waals surface area contributed by atoms with Crippen molar-refractivity contribution in [1.82, 2.24) is 5.32 Å². The monoisotopic (exact) mass is 377 g/mol. The van der Waals surface area contributed by atoms with Crippen LogP contribution in [0.5, 0.6) is 0 Å². The van der Waals surface area contributed by atoms with Gasteiger partial charge in [-0.2, -0.15) is 0 Å². The van der Waals surface area contributed by atoms with Crippen molar-refractivity contribution >= 4 is 16.5 Å². The normalized spacial score (nSPS) is 15.7. The minimum atomic E-state index is -1.52. The Kier molecular flexibility index (Phi) is 12.5. The van der Waals surface area contributed by atoms with Gasteiger partial charge >= 0.3 is 16.8 Å². The van der Waals surface area contributed by atoms with Crippen LogP contribution in [-0.2, 0) is 16.8 Å². The molecule has 21 heavy (non-hydrogen) atoms. The first-order valence-electron chi connectivity index (χ1n) is 7.42. The fraction of sp³-hybridized carbons (Fsp3) is 0.933. The van der Waals surface area contributed by atoms with Crippen LogP contribution in [0.15, 0.2) is 0 Å². The number of rotatable bonds is 8. The average molecular weight is 378 g/mol. The molecule has 6 heteroatoms. The van der Waals surface area contributed by atoms with Gasteiger partial charge in [-0.15, -0.1) is 0 Å². The summed E-state index contributed by atoms with van der Waals surface area (Å²) in [5, 5.41) is 13.1. The van der Waals surface area contributed by atoms with Crippen molar-refractivity contribution in [1.29, 1.82) is 0 Å². The molecule has 2 N–H and O–H groups in total. The van der Waals surface area contributed by atoms with E-state index in [9.17, 15) is 5.11 Å². The van der Waals surface area contributed by atoms with Crippen LogP contribution < -0.4 is 5.32 Å². The Bertz CT molecular complexity index is 279. The summed E-state index contributed by atoms with van der Waals surface area (Å²) >= 11 is 0. The molecule has 2 atom stereocenters. The van der Waals surface area contributed by atoms with E-state index in [-0.39, 0.29) is 35.8 Å². The summed E-state index contributed by atoms with van der Waals surface area (Å²) in [6.45, 7) is 20.2. The molecule has 0 aliphatic rings. The molecule has 1 radical (unpaired) electrons. The molecule has 0 aliphatic heterocycles. The Balaban J connectivity index is -0.00000162. The summed E-state index contributed by atoms with van der Waals surface area (Å²) in [4.78, 5) is 0. The number of nitrogens with one attached hydrogen (secondary N) is 1. The molecule has 0 heterocycles. The average Bonchev–Trinajstić information content (AvgIpc) is 1.89. The van der Waals surface area contributed by atoms with Gasteiger partial charge in [0.25, 0.3) is 0 Å². The van der Waals surface area contributed by atoms with Crippen LogP contribution in [0, 0.1) is 7.43 Å². The van der Waals surface area contributed by atoms with E-state index < -0.39 is 16.5 Å². The van der Waals surface area contributed by atoms with Crippen LogP contribution in [0.3, 0.4) is 0 Å². The first-order chi connectivity index (χ1) is 8.22. The Morgan fingerprint density at radius 2 is 1.52 bits per heavy atom. The van der Waals surface area contributed by atoms with Crippen LogP contribution in [0.1, 0.15) is 34.1 Å². The van der Waals surface area contributed by atoms with Gasteiger partial charge in [-0.1, -0.05) is 55.3 Å². The van der Waals surface area contributed by atoms with Crippen LogP contribution in [0.2, 0.25) is 38.8 Å². The summed E-state index contributed by atoms with van der Waals surface area (Å²) in [7, 11) is -2.86. The van der Waals surface area contributed by atoms with E-state index in [4.69, 9.17) is 4.65 Å². The maximum Gasteiger partial charge on any atom is 2.00 e. The third-order valence-corrected chi connectivity index (χ3v) is 9.70. The fourth-order valence-corrected chi connectivity index (χ4v) is 13.2. The van der Waals surface area contributed by atoms with E-state index in [1.807, 2.05) is 6.92 Å². The van der Waals surface area contributed by atoms with Crippen molar-refractivity contribution < 1.29 is 21.9 Å². The van der Waals surface area contributed by atoms with Crippen molar-refractivity contribution in [3.63, 3.8) is 0 Å². The second-order valence-electron chi connectivity index (χ2n) is 8.29. The summed E-state index contributed by atoms with van der Waals surface area (Å²) < 4.78 is 5.18. The number of hydrogen-bond acceptors (Lipinski definition) is 2. The molecule has 0 saturated heterocycles. The van der Waals surface area contributed by atoms with Gasteiger partial charge in [0.05, 0.1) is 6.10 Å². The molecule has 0 spiro atoms. The van der Waals surface area contributed by atoms with Gasteiger partial charge in [0, 0.05) is 11.6 Å². The molecular weight excluding hydrogens is 339 g/mol. The Morgan fingerprint density at radius 3 is 1.86 bits per heavy atom. The zero-order chi connectivity index (χ0) is 15.5. The second kappa shape index (κ2) is 9.85. The molecule has 2 unspecified atom stereocenters. The Labute approximate surface area is 146 Å². The third kappa shape index (κ3) is 15.5. The number of nitrogens with zero attached hydrogens (tertiary/aromatic N) is 1. The number of aliphatic hydroxyl groups excluding tert-OH is 1. The Morgan fingerprint density at radius 1 is 1.10 bits per heavy atom. The van der Waals surface area contributed by atoms with Gasteiger partial charge in [-0.25, -0.2) is 0 Å². The van der Waals surface area contributed by atoms with Crippen LogP contribution in [0.25, 0.3) is 4.65 Å². The van der Waals surface area contributed by atoms with Crippen molar-refractivity contribution in [3.05, 3.63) is 12.1 Å². The van der Waals surface area contributed by atoms with E-state index in [0.717, 1.165) is 12.5 Å². The van der Waals surface area contributed by atoms with E-state index in [0.29, 0.717) is 6.04 Å². The third-order valence-electron chi connectivity index (χ3n) is 2.84. The second-order valence-corrected chi connectivity index (χ2v) is 17.5. The minimum Gasteiger partial charge on any atom is -0.667 e. The van der Waals surface area contributed by atoms with Gasteiger partial charge in [0.1, 0.15) is 0 Å². The smallest absolute Gasteiger partial charge is 0.667 e. The predicted octanol–water partition coefficient (Wildman–Crippen LogP) is 4.38. The van der Waals surface area contributed by atoms with Crippen molar-refractivity contribution in [2.45, 2.75) is 90.6 Å². The number of hydrogen-bond donors (Lipinski definition) is 2. The summed E-state index contributed by atoms with van der Waals surface area (Å²) in [5.74, 6) is 0. The molecule has 0 aromatic heterocycles. The SMILES string of the molecule is CC(O)CC(C)NC(C)(C)C[Si](C)(C)[N-][Si](C)(C)C.[CH3-].[Co+2]. The van der Waals surface area contributed by atoms with Gasteiger partial charge in [0.2, 0.25) is 0 Å². The first kappa shape index (κ1) is 26.7. The summed E-state index contributed by atoms with van der Waals surface area (Å²) in [5.41, 5.74) is 0.0905. The quantitative estimate of drug-likeness (QED) is 0.487. The van der Waals surface area contributed by atoms with E-state index >= 15 is 0 Å². The number of aliphatic hydroxyl groups is 1. The van der Waals surface area contributed by atoms with Crippen molar-refractivity contribution in [2.24, 2.45) is 0 Å². The molecule has 0 rings (SSSR count). The standard InChI is InChI=1S/C14H35N2OSi2.CH3.Co/c1-12(10-13(2)17)15-14(3,4)11-19(8,9)16-18(5,6)7;;/h12-13,15,17H,10-11H2,1-9H3;1H3;/q2*-1;+2. The van der Waals surface area contributed by atoms with Gasteiger partial charge in [-0.3, -0.25) is 0 Å². The van der Waals surface area contributed by atoms with Crippen LogP contribution in [0.4, 0.5) is 0 Å². The van der Waals surface area contributed by atoms with Crippen molar-refractivity contribution in [2.75, 3.05) is 0 Å². The van der Waals surface area contributed by atoms with E-state index in [2.05, 4.69) is 58.8 Å². The van der Waals surface area contributed by atoms with Gasteiger partial charge in [-0.05, 0) is 34.1 Å². The van der Waals surface area contributed by atoms with Crippen LogP contribution in [-0.4, -0.2) is 39.3 Å². The molecule has 0 bridgehead atoms. The zero-order valence-corrected chi connectivity index (χ0v) is 18.8. The van der Waals surface area contributed by atoms with E-state index in [1.165, 1.54) is 0 Å². The molecular formula is C15H38CoN2OSi2. The fourth-order valence-electron chi connectivity index (χ4n) is 3.32. The largest absolute Gasteiger partial charge is 2.00 e. The van der Waals surface area contributed by atoms with Crippen LogP contribution >= 0.6 is 0 Å². The zero-order valence-electron chi connectivity index (χ0n) is 15.8. The molecule has 0 aromatic rings. The van der Waals surface area contributed by atoms with Gasteiger partial charge < -0.3 is 22.5 Å². The molecule has 0 saturated carbocycles. The van der Waals surface area contributed by atoms with E-state index in [1.54, 1.807) is 0 Å². The van der Waals surface area contributed by atoms with Gasteiger partial charge in [0.15, 0.2) is 0 Å². The maximum absolute atomic E-state index is 9.46. The molecule has 3 nitrogen and oxygen atoms in total. The predicted molar refractivity (Wildman–Crippen MR) is 98.4 cm³/mol.